The Labute approximate surface area is 146 Å². The van der Waals surface area contributed by atoms with E-state index >= 15 is 0 Å². The molecule has 1 aliphatic rings. The van der Waals surface area contributed by atoms with Gasteiger partial charge < -0.3 is 14.5 Å². The van der Waals surface area contributed by atoms with Crippen LogP contribution in [0.4, 0.5) is 4.39 Å². The molecule has 1 aromatic carbocycles. The van der Waals surface area contributed by atoms with Crippen molar-refractivity contribution >= 4 is 11.6 Å². The monoisotopic (exact) mass is 352 g/mol. The normalized spacial score (nSPS) is 15.8. The van der Waals surface area contributed by atoms with Gasteiger partial charge in [0.2, 0.25) is 0 Å². The molecule has 0 amide bonds. The maximum Gasteiger partial charge on any atom is 0.141 e. The summed E-state index contributed by atoms with van der Waals surface area (Å²) >= 11 is 5.81. The molecule has 4 nitrogen and oxygen atoms in total. The summed E-state index contributed by atoms with van der Waals surface area (Å²) in [5, 5.41) is 3.49. The SMILES string of the molecule is Fc1ccc(-c2ccc(CNCCCN3CCOCC3)o2)cc1Cl. The van der Waals surface area contributed by atoms with Crippen molar-refractivity contribution in [1.82, 2.24) is 10.2 Å². The molecule has 2 aromatic rings. The molecular weight excluding hydrogens is 331 g/mol. The molecule has 1 fully saturated rings. The van der Waals surface area contributed by atoms with Gasteiger partial charge in [-0.3, -0.25) is 4.90 Å². The Balaban J connectivity index is 1.41. The minimum atomic E-state index is -0.422. The zero-order valence-electron chi connectivity index (χ0n) is 13.6. The Morgan fingerprint density at radius 2 is 2.00 bits per heavy atom. The molecular formula is C18H22ClFN2O2. The second kappa shape index (κ2) is 8.62. The lowest BCUT2D eigenvalue weighted by atomic mass is 10.2. The van der Waals surface area contributed by atoms with Crippen LogP contribution >= 0.6 is 11.6 Å². The number of rotatable bonds is 7. The van der Waals surface area contributed by atoms with Crippen LogP contribution in [0, 0.1) is 5.82 Å². The highest BCUT2D eigenvalue weighted by Gasteiger charge is 2.10. The van der Waals surface area contributed by atoms with Crippen molar-refractivity contribution in [3.05, 3.63) is 46.9 Å². The molecule has 1 saturated heterocycles. The molecule has 1 N–H and O–H groups in total. The van der Waals surface area contributed by atoms with Crippen LogP contribution in [0.5, 0.6) is 0 Å². The number of nitrogens with zero attached hydrogens (tertiary/aromatic N) is 1. The van der Waals surface area contributed by atoms with Crippen LogP contribution in [0.1, 0.15) is 12.2 Å². The predicted octanol–water partition coefficient (Wildman–Crippen LogP) is 3.55. The fraction of sp³-hybridized carbons (Fsp3) is 0.444. The third-order valence-electron chi connectivity index (χ3n) is 4.10. The summed E-state index contributed by atoms with van der Waals surface area (Å²) in [6, 6.07) is 8.41. The molecule has 3 rings (SSSR count). The minimum absolute atomic E-state index is 0.103. The van der Waals surface area contributed by atoms with Crippen LogP contribution in [-0.2, 0) is 11.3 Å². The van der Waals surface area contributed by atoms with Crippen LogP contribution in [0.2, 0.25) is 5.02 Å². The molecule has 0 radical (unpaired) electrons. The summed E-state index contributed by atoms with van der Waals surface area (Å²) in [5.41, 5.74) is 0.778. The van der Waals surface area contributed by atoms with Gasteiger partial charge in [0, 0.05) is 18.7 Å². The molecule has 6 heteroatoms. The third kappa shape index (κ3) is 4.80. The molecule has 24 heavy (non-hydrogen) atoms. The number of benzene rings is 1. The van der Waals surface area contributed by atoms with Crippen molar-refractivity contribution in [2.75, 3.05) is 39.4 Å². The second-order valence-corrected chi connectivity index (χ2v) is 6.29. The zero-order chi connectivity index (χ0) is 16.8. The fourth-order valence-electron chi connectivity index (χ4n) is 2.74. The highest BCUT2D eigenvalue weighted by atomic mass is 35.5. The Morgan fingerprint density at radius 1 is 1.17 bits per heavy atom. The van der Waals surface area contributed by atoms with Crippen LogP contribution in [-0.4, -0.2) is 44.3 Å². The molecule has 1 aromatic heterocycles. The molecule has 0 unspecified atom stereocenters. The zero-order valence-corrected chi connectivity index (χ0v) is 14.3. The fourth-order valence-corrected chi connectivity index (χ4v) is 2.92. The Kier molecular flexibility index (Phi) is 6.26. The second-order valence-electron chi connectivity index (χ2n) is 5.88. The summed E-state index contributed by atoms with van der Waals surface area (Å²) in [6.07, 6.45) is 1.10. The van der Waals surface area contributed by atoms with Gasteiger partial charge in [0.15, 0.2) is 0 Å². The Hall–Kier alpha value is -1.40. The van der Waals surface area contributed by atoms with E-state index in [0.717, 1.165) is 57.1 Å². The third-order valence-corrected chi connectivity index (χ3v) is 4.39. The summed E-state index contributed by atoms with van der Waals surface area (Å²) < 4.78 is 24.3. The number of morpholine rings is 1. The summed E-state index contributed by atoms with van der Waals surface area (Å²) in [4.78, 5) is 2.43. The van der Waals surface area contributed by atoms with Gasteiger partial charge in [0.25, 0.3) is 0 Å². The number of nitrogens with one attached hydrogen (secondary N) is 1. The van der Waals surface area contributed by atoms with E-state index in [2.05, 4.69) is 10.2 Å². The first-order chi connectivity index (χ1) is 11.7. The average Bonchev–Trinajstić information content (AvgIpc) is 3.07. The highest BCUT2D eigenvalue weighted by molar-refractivity contribution is 6.31. The highest BCUT2D eigenvalue weighted by Crippen LogP contribution is 2.26. The maximum absolute atomic E-state index is 13.2. The first-order valence-electron chi connectivity index (χ1n) is 8.27. The largest absolute Gasteiger partial charge is 0.460 e. The van der Waals surface area contributed by atoms with Crippen molar-refractivity contribution in [1.29, 1.82) is 0 Å². The standard InChI is InChI=1S/C18H22ClFN2O2/c19-16-12-14(2-4-17(16)20)18-5-3-15(24-18)13-21-6-1-7-22-8-10-23-11-9-22/h2-5,12,21H,1,6-11,13H2. The minimum Gasteiger partial charge on any atom is -0.460 e. The Bertz CT molecular complexity index is 656. The van der Waals surface area contributed by atoms with E-state index < -0.39 is 5.82 Å². The van der Waals surface area contributed by atoms with Crippen molar-refractivity contribution in [3.63, 3.8) is 0 Å². The number of hydrogen-bond acceptors (Lipinski definition) is 4. The maximum atomic E-state index is 13.2. The van der Waals surface area contributed by atoms with Crippen LogP contribution in [0.25, 0.3) is 11.3 Å². The van der Waals surface area contributed by atoms with Gasteiger partial charge >= 0.3 is 0 Å². The summed E-state index contributed by atoms with van der Waals surface area (Å²) in [6.45, 7) is 6.46. The first kappa shape index (κ1) is 17.4. The van der Waals surface area contributed by atoms with Crippen molar-refractivity contribution in [3.8, 4) is 11.3 Å². The van der Waals surface area contributed by atoms with Crippen LogP contribution < -0.4 is 5.32 Å². The first-order valence-corrected chi connectivity index (χ1v) is 8.65. The van der Waals surface area contributed by atoms with Crippen LogP contribution in [0.15, 0.2) is 34.7 Å². The van der Waals surface area contributed by atoms with Crippen LogP contribution in [0.3, 0.4) is 0 Å². The molecule has 0 aliphatic carbocycles. The van der Waals surface area contributed by atoms with Gasteiger partial charge in [-0.15, -0.1) is 0 Å². The van der Waals surface area contributed by atoms with E-state index in [0.29, 0.717) is 12.3 Å². The van der Waals surface area contributed by atoms with Crippen molar-refractivity contribution in [2.24, 2.45) is 0 Å². The molecule has 0 atom stereocenters. The molecule has 0 spiro atoms. The van der Waals surface area contributed by atoms with Gasteiger partial charge in [-0.1, -0.05) is 11.6 Å². The van der Waals surface area contributed by atoms with E-state index in [1.807, 2.05) is 12.1 Å². The number of ether oxygens (including phenoxy) is 1. The van der Waals surface area contributed by atoms with E-state index in [-0.39, 0.29) is 5.02 Å². The van der Waals surface area contributed by atoms with Gasteiger partial charge in [-0.25, -0.2) is 4.39 Å². The lowest BCUT2D eigenvalue weighted by molar-refractivity contribution is 0.0374. The van der Waals surface area contributed by atoms with E-state index in [9.17, 15) is 4.39 Å². The Morgan fingerprint density at radius 3 is 2.79 bits per heavy atom. The quantitative estimate of drug-likeness (QED) is 0.773. The smallest absolute Gasteiger partial charge is 0.141 e. The lowest BCUT2D eigenvalue weighted by Crippen LogP contribution is -2.37. The summed E-state index contributed by atoms with van der Waals surface area (Å²) in [5.74, 6) is 1.13. The number of furan rings is 1. The van der Waals surface area contributed by atoms with Crippen molar-refractivity contribution in [2.45, 2.75) is 13.0 Å². The summed E-state index contributed by atoms with van der Waals surface area (Å²) in [7, 11) is 0. The van der Waals surface area contributed by atoms with E-state index in [1.165, 1.54) is 6.07 Å². The van der Waals surface area contributed by atoms with Gasteiger partial charge in [-0.2, -0.15) is 0 Å². The molecule has 130 valence electrons. The number of hydrogen-bond donors (Lipinski definition) is 1. The topological polar surface area (TPSA) is 37.6 Å². The molecule has 0 bridgehead atoms. The van der Waals surface area contributed by atoms with Crippen molar-refractivity contribution < 1.29 is 13.5 Å². The van der Waals surface area contributed by atoms with Gasteiger partial charge in [0.05, 0.1) is 24.8 Å². The van der Waals surface area contributed by atoms with Gasteiger partial charge in [0.1, 0.15) is 17.3 Å². The predicted molar refractivity (Wildman–Crippen MR) is 92.7 cm³/mol. The van der Waals surface area contributed by atoms with E-state index in [1.54, 1.807) is 12.1 Å². The van der Waals surface area contributed by atoms with Gasteiger partial charge in [-0.05, 0) is 49.8 Å². The lowest BCUT2D eigenvalue weighted by Gasteiger charge is -2.26. The van der Waals surface area contributed by atoms with E-state index in [4.69, 9.17) is 20.8 Å². The molecule has 0 saturated carbocycles. The average molecular weight is 353 g/mol. The number of halogens is 2. The molecule has 2 heterocycles. The molecule has 1 aliphatic heterocycles.